The topological polar surface area (TPSA) is 52.6 Å². The number of aliphatic hydroxyl groups excluding tert-OH is 1. The molecule has 0 radical (unpaired) electrons. The summed E-state index contributed by atoms with van der Waals surface area (Å²) >= 11 is 0. The van der Waals surface area contributed by atoms with Crippen LogP contribution in [0.1, 0.15) is 35.7 Å². The summed E-state index contributed by atoms with van der Waals surface area (Å²) in [7, 11) is 0. The number of carbonyl (C=O) groups is 1. The zero-order valence-electron chi connectivity index (χ0n) is 11.9. The molecule has 108 valence electrons. The van der Waals surface area contributed by atoms with Crippen LogP contribution in [0.3, 0.4) is 0 Å². The lowest BCUT2D eigenvalue weighted by atomic mass is 9.96. The van der Waals surface area contributed by atoms with Crippen molar-refractivity contribution in [3.63, 3.8) is 0 Å². The number of fused-ring (bicyclic) bond motifs is 1. The Morgan fingerprint density at radius 1 is 1.50 bits per heavy atom. The number of hydrogen-bond acceptors (Lipinski definition) is 3. The maximum atomic E-state index is 12.8. The molecule has 0 saturated carbocycles. The first-order chi connectivity index (χ1) is 9.72. The Kier molecular flexibility index (Phi) is 3.66. The van der Waals surface area contributed by atoms with Crippen molar-refractivity contribution >= 4 is 11.6 Å². The molecule has 1 fully saturated rings. The summed E-state index contributed by atoms with van der Waals surface area (Å²) in [6.07, 6.45) is 3.00. The zero-order valence-corrected chi connectivity index (χ0v) is 11.9. The molecule has 0 aliphatic carbocycles. The van der Waals surface area contributed by atoms with Gasteiger partial charge in [0.15, 0.2) is 0 Å². The summed E-state index contributed by atoms with van der Waals surface area (Å²) in [5.41, 5.74) is 3.04. The summed E-state index contributed by atoms with van der Waals surface area (Å²) in [5, 5.41) is 12.9. The molecule has 2 atom stereocenters. The molecule has 4 heteroatoms. The molecule has 4 nitrogen and oxygen atoms in total. The molecule has 1 saturated heterocycles. The predicted molar refractivity (Wildman–Crippen MR) is 78.9 cm³/mol. The number of likely N-dealkylation sites (tertiary alicyclic amines) is 1. The van der Waals surface area contributed by atoms with Crippen molar-refractivity contribution < 1.29 is 9.90 Å². The average molecular weight is 274 g/mol. The molecule has 2 aliphatic rings. The number of nitrogens with one attached hydrogen (secondary N) is 1. The molecule has 1 aromatic carbocycles. The minimum absolute atomic E-state index is 0.0325. The standard InChI is InChI=1S/C16H22N2O2/c1-11-7-9-18(15(11)10-19)16(20)13-4-2-6-14-12(13)5-3-8-17-14/h2,4,6,11,15,17,19H,3,5,7-10H2,1H3. The van der Waals surface area contributed by atoms with Crippen LogP contribution in [-0.4, -0.2) is 41.7 Å². The van der Waals surface area contributed by atoms with Gasteiger partial charge in [0.2, 0.25) is 0 Å². The summed E-state index contributed by atoms with van der Waals surface area (Å²) in [6, 6.07) is 5.88. The normalized spacial score (nSPS) is 25.2. The third-order valence-electron chi connectivity index (χ3n) is 4.66. The fraction of sp³-hybridized carbons (Fsp3) is 0.562. The lowest BCUT2D eigenvalue weighted by Gasteiger charge is -2.28. The molecule has 20 heavy (non-hydrogen) atoms. The van der Waals surface area contributed by atoms with E-state index in [2.05, 4.69) is 12.2 Å². The Morgan fingerprint density at radius 3 is 3.15 bits per heavy atom. The molecular formula is C16H22N2O2. The molecule has 2 aliphatic heterocycles. The van der Waals surface area contributed by atoms with E-state index in [-0.39, 0.29) is 18.6 Å². The van der Waals surface area contributed by atoms with Crippen molar-refractivity contribution in [1.82, 2.24) is 4.90 Å². The summed E-state index contributed by atoms with van der Waals surface area (Å²) < 4.78 is 0. The van der Waals surface area contributed by atoms with Gasteiger partial charge in [0.05, 0.1) is 12.6 Å². The van der Waals surface area contributed by atoms with E-state index in [1.54, 1.807) is 0 Å². The first-order valence-electron chi connectivity index (χ1n) is 7.50. The molecular weight excluding hydrogens is 252 g/mol. The lowest BCUT2D eigenvalue weighted by molar-refractivity contribution is 0.0647. The van der Waals surface area contributed by atoms with E-state index >= 15 is 0 Å². The molecule has 0 bridgehead atoms. The maximum absolute atomic E-state index is 12.8. The molecule has 1 aromatic rings. The van der Waals surface area contributed by atoms with Gasteiger partial charge in [-0.05, 0) is 42.9 Å². The fourth-order valence-electron chi connectivity index (χ4n) is 3.40. The van der Waals surface area contributed by atoms with Gasteiger partial charge in [0.1, 0.15) is 0 Å². The van der Waals surface area contributed by atoms with Crippen LogP contribution in [0.15, 0.2) is 18.2 Å². The largest absolute Gasteiger partial charge is 0.394 e. The number of benzene rings is 1. The highest BCUT2D eigenvalue weighted by molar-refractivity contribution is 5.97. The van der Waals surface area contributed by atoms with Crippen molar-refractivity contribution in [2.45, 2.75) is 32.2 Å². The Hall–Kier alpha value is -1.55. The van der Waals surface area contributed by atoms with Gasteiger partial charge in [-0.25, -0.2) is 0 Å². The Bertz CT molecular complexity index is 515. The van der Waals surface area contributed by atoms with E-state index < -0.39 is 0 Å². The van der Waals surface area contributed by atoms with Gasteiger partial charge in [-0.15, -0.1) is 0 Å². The van der Waals surface area contributed by atoms with E-state index in [1.165, 1.54) is 0 Å². The molecule has 0 spiro atoms. The van der Waals surface area contributed by atoms with Gasteiger partial charge in [0, 0.05) is 24.3 Å². The molecule has 2 N–H and O–H groups in total. The van der Waals surface area contributed by atoms with Crippen LogP contribution in [0.4, 0.5) is 5.69 Å². The van der Waals surface area contributed by atoms with Gasteiger partial charge in [-0.1, -0.05) is 13.0 Å². The van der Waals surface area contributed by atoms with Crippen molar-refractivity contribution in [3.05, 3.63) is 29.3 Å². The van der Waals surface area contributed by atoms with E-state index in [0.717, 1.165) is 49.2 Å². The van der Waals surface area contributed by atoms with Gasteiger partial charge in [0.25, 0.3) is 5.91 Å². The second kappa shape index (κ2) is 5.44. The number of anilines is 1. The van der Waals surface area contributed by atoms with Crippen LogP contribution in [0.2, 0.25) is 0 Å². The minimum Gasteiger partial charge on any atom is -0.394 e. The molecule has 0 aromatic heterocycles. The van der Waals surface area contributed by atoms with Crippen molar-refractivity contribution in [1.29, 1.82) is 0 Å². The molecule has 1 amide bonds. The number of hydrogen-bond donors (Lipinski definition) is 2. The predicted octanol–water partition coefficient (Wildman–Crippen LogP) is 1.89. The van der Waals surface area contributed by atoms with E-state index in [9.17, 15) is 9.90 Å². The van der Waals surface area contributed by atoms with Crippen molar-refractivity contribution in [2.75, 3.05) is 25.0 Å². The number of aliphatic hydroxyl groups is 1. The highest BCUT2D eigenvalue weighted by atomic mass is 16.3. The monoisotopic (exact) mass is 274 g/mol. The van der Waals surface area contributed by atoms with E-state index in [1.807, 2.05) is 23.1 Å². The van der Waals surface area contributed by atoms with Crippen LogP contribution in [0.25, 0.3) is 0 Å². The highest BCUT2D eigenvalue weighted by Crippen LogP contribution is 2.30. The van der Waals surface area contributed by atoms with Gasteiger partial charge >= 0.3 is 0 Å². The molecule has 2 heterocycles. The van der Waals surface area contributed by atoms with Crippen LogP contribution < -0.4 is 5.32 Å². The number of amides is 1. The summed E-state index contributed by atoms with van der Waals surface area (Å²) in [4.78, 5) is 14.7. The second-order valence-electron chi connectivity index (χ2n) is 5.88. The third-order valence-corrected chi connectivity index (χ3v) is 4.66. The van der Waals surface area contributed by atoms with Gasteiger partial charge < -0.3 is 15.3 Å². The second-order valence-corrected chi connectivity index (χ2v) is 5.88. The quantitative estimate of drug-likeness (QED) is 0.866. The Balaban J connectivity index is 1.91. The minimum atomic E-state index is -0.0325. The van der Waals surface area contributed by atoms with Crippen molar-refractivity contribution in [3.8, 4) is 0 Å². The Morgan fingerprint density at radius 2 is 2.35 bits per heavy atom. The van der Waals surface area contributed by atoms with E-state index in [0.29, 0.717) is 5.92 Å². The zero-order chi connectivity index (χ0) is 14.1. The smallest absolute Gasteiger partial charge is 0.254 e. The Labute approximate surface area is 119 Å². The first kappa shape index (κ1) is 13.4. The third kappa shape index (κ3) is 2.18. The van der Waals surface area contributed by atoms with Gasteiger partial charge in [-0.3, -0.25) is 4.79 Å². The maximum Gasteiger partial charge on any atom is 0.254 e. The number of rotatable bonds is 2. The highest BCUT2D eigenvalue weighted by Gasteiger charge is 2.35. The number of carbonyl (C=O) groups excluding carboxylic acids is 1. The fourth-order valence-corrected chi connectivity index (χ4v) is 3.40. The van der Waals surface area contributed by atoms with Gasteiger partial charge in [-0.2, -0.15) is 0 Å². The average Bonchev–Trinajstić information content (AvgIpc) is 2.86. The van der Waals surface area contributed by atoms with Crippen molar-refractivity contribution in [2.24, 2.45) is 5.92 Å². The van der Waals surface area contributed by atoms with Crippen LogP contribution >= 0.6 is 0 Å². The lowest BCUT2D eigenvalue weighted by Crippen LogP contribution is -2.40. The van der Waals surface area contributed by atoms with Crippen LogP contribution in [0, 0.1) is 5.92 Å². The summed E-state index contributed by atoms with van der Waals surface area (Å²) in [5.74, 6) is 0.454. The SMILES string of the molecule is CC1CCN(C(=O)c2cccc3c2CCCN3)C1CO. The summed E-state index contributed by atoms with van der Waals surface area (Å²) in [6.45, 7) is 3.89. The first-order valence-corrected chi connectivity index (χ1v) is 7.50. The van der Waals surface area contributed by atoms with E-state index in [4.69, 9.17) is 0 Å². The van der Waals surface area contributed by atoms with Crippen LogP contribution in [0.5, 0.6) is 0 Å². The molecule has 3 rings (SSSR count). The van der Waals surface area contributed by atoms with Crippen LogP contribution in [-0.2, 0) is 6.42 Å². The molecule has 2 unspecified atom stereocenters. The number of nitrogens with zero attached hydrogens (tertiary/aromatic N) is 1.